The number of carbonyl (C=O) groups excluding carboxylic acids is 1. The van der Waals surface area contributed by atoms with Crippen LogP contribution < -0.4 is 10.6 Å². The van der Waals surface area contributed by atoms with Crippen LogP contribution in [-0.2, 0) is 4.79 Å². The zero-order valence-electron chi connectivity index (χ0n) is 12.6. The Morgan fingerprint density at radius 2 is 1.95 bits per heavy atom. The zero-order chi connectivity index (χ0) is 14.4. The van der Waals surface area contributed by atoms with Gasteiger partial charge >= 0.3 is 0 Å². The number of benzene rings is 1. The van der Waals surface area contributed by atoms with Crippen molar-refractivity contribution in [1.82, 2.24) is 10.6 Å². The van der Waals surface area contributed by atoms with E-state index in [-0.39, 0.29) is 17.4 Å². The minimum absolute atomic E-state index is 0.139. The predicted molar refractivity (Wildman–Crippen MR) is 82.4 cm³/mol. The SMILES string of the molecule is CCCC(NC(=O)C1(C)CCNCC1)c1ccccc1. The normalized spacial score (nSPS) is 19.3. The summed E-state index contributed by atoms with van der Waals surface area (Å²) >= 11 is 0. The lowest BCUT2D eigenvalue weighted by Gasteiger charge is -2.34. The number of nitrogens with one attached hydrogen (secondary N) is 2. The molecule has 1 aromatic carbocycles. The van der Waals surface area contributed by atoms with Gasteiger partial charge in [0.2, 0.25) is 5.91 Å². The molecular weight excluding hydrogens is 248 g/mol. The lowest BCUT2D eigenvalue weighted by molar-refractivity contribution is -0.132. The molecule has 1 atom stereocenters. The van der Waals surface area contributed by atoms with E-state index in [1.54, 1.807) is 0 Å². The third-order valence-electron chi connectivity index (χ3n) is 4.34. The monoisotopic (exact) mass is 274 g/mol. The maximum absolute atomic E-state index is 12.6. The largest absolute Gasteiger partial charge is 0.349 e. The summed E-state index contributed by atoms with van der Waals surface area (Å²) in [5.41, 5.74) is 0.992. The molecular formula is C17H26N2O. The molecule has 3 heteroatoms. The van der Waals surface area contributed by atoms with Crippen molar-refractivity contribution in [2.24, 2.45) is 5.41 Å². The first-order valence-electron chi connectivity index (χ1n) is 7.72. The molecule has 0 spiro atoms. The van der Waals surface area contributed by atoms with Gasteiger partial charge in [-0.1, -0.05) is 50.6 Å². The quantitative estimate of drug-likeness (QED) is 0.866. The molecule has 1 aliphatic rings. The van der Waals surface area contributed by atoms with Crippen molar-refractivity contribution in [1.29, 1.82) is 0 Å². The van der Waals surface area contributed by atoms with Crippen LogP contribution in [0.2, 0.25) is 0 Å². The second-order valence-electron chi connectivity index (χ2n) is 6.04. The summed E-state index contributed by atoms with van der Waals surface area (Å²) < 4.78 is 0. The first-order chi connectivity index (χ1) is 9.65. The number of amides is 1. The highest BCUT2D eigenvalue weighted by atomic mass is 16.2. The molecule has 1 amide bonds. The van der Waals surface area contributed by atoms with E-state index < -0.39 is 0 Å². The minimum Gasteiger partial charge on any atom is -0.349 e. The first-order valence-corrected chi connectivity index (χ1v) is 7.72. The molecule has 0 saturated carbocycles. The molecule has 0 radical (unpaired) electrons. The van der Waals surface area contributed by atoms with E-state index in [1.165, 1.54) is 5.56 Å². The third-order valence-corrected chi connectivity index (χ3v) is 4.34. The van der Waals surface area contributed by atoms with Gasteiger partial charge in [-0.2, -0.15) is 0 Å². The highest BCUT2D eigenvalue weighted by Crippen LogP contribution is 2.30. The fraction of sp³-hybridized carbons (Fsp3) is 0.588. The Hall–Kier alpha value is -1.35. The van der Waals surface area contributed by atoms with Gasteiger partial charge in [0.1, 0.15) is 0 Å². The van der Waals surface area contributed by atoms with Gasteiger partial charge in [-0.15, -0.1) is 0 Å². The third kappa shape index (κ3) is 3.60. The lowest BCUT2D eigenvalue weighted by Crippen LogP contribution is -2.46. The summed E-state index contributed by atoms with van der Waals surface area (Å²) in [4.78, 5) is 12.6. The second kappa shape index (κ2) is 6.89. The van der Waals surface area contributed by atoms with Crippen LogP contribution >= 0.6 is 0 Å². The summed E-state index contributed by atoms with van der Waals surface area (Å²) in [6, 6.07) is 10.4. The van der Waals surface area contributed by atoms with E-state index in [9.17, 15) is 4.79 Å². The fourth-order valence-corrected chi connectivity index (χ4v) is 2.83. The number of hydrogen-bond donors (Lipinski definition) is 2. The van der Waals surface area contributed by atoms with Crippen LogP contribution in [0.3, 0.4) is 0 Å². The smallest absolute Gasteiger partial charge is 0.226 e. The minimum atomic E-state index is -0.216. The van der Waals surface area contributed by atoms with Crippen LogP contribution in [0.5, 0.6) is 0 Å². The van der Waals surface area contributed by atoms with Crippen molar-refractivity contribution in [2.75, 3.05) is 13.1 Å². The van der Waals surface area contributed by atoms with Gasteiger partial charge in [0.05, 0.1) is 6.04 Å². The molecule has 1 saturated heterocycles. The average Bonchev–Trinajstić information content (AvgIpc) is 2.48. The highest BCUT2D eigenvalue weighted by Gasteiger charge is 2.35. The Kier molecular flexibility index (Phi) is 5.18. The molecule has 1 unspecified atom stereocenters. The number of piperidine rings is 1. The maximum atomic E-state index is 12.6. The van der Waals surface area contributed by atoms with Gasteiger partial charge < -0.3 is 10.6 Å². The van der Waals surface area contributed by atoms with Gasteiger partial charge in [0.15, 0.2) is 0 Å². The average molecular weight is 274 g/mol. The summed E-state index contributed by atoms with van der Waals surface area (Å²) in [7, 11) is 0. The van der Waals surface area contributed by atoms with Crippen molar-refractivity contribution < 1.29 is 4.79 Å². The summed E-state index contributed by atoms with van der Waals surface area (Å²) in [6.07, 6.45) is 3.90. The van der Waals surface area contributed by atoms with Crippen LogP contribution in [0.1, 0.15) is 51.1 Å². The van der Waals surface area contributed by atoms with Crippen LogP contribution in [-0.4, -0.2) is 19.0 Å². The molecule has 20 heavy (non-hydrogen) atoms. The molecule has 110 valence electrons. The van der Waals surface area contributed by atoms with Crippen LogP contribution in [0.15, 0.2) is 30.3 Å². The van der Waals surface area contributed by atoms with Crippen molar-refractivity contribution in [2.45, 2.75) is 45.6 Å². The molecule has 1 aliphatic heterocycles. The van der Waals surface area contributed by atoms with Crippen molar-refractivity contribution in [3.05, 3.63) is 35.9 Å². The van der Waals surface area contributed by atoms with E-state index in [0.717, 1.165) is 38.8 Å². The Morgan fingerprint density at radius 1 is 1.30 bits per heavy atom. The fourth-order valence-electron chi connectivity index (χ4n) is 2.83. The number of hydrogen-bond acceptors (Lipinski definition) is 2. The Bertz CT molecular complexity index is 424. The molecule has 1 heterocycles. The molecule has 2 N–H and O–H groups in total. The molecule has 1 fully saturated rings. The number of carbonyl (C=O) groups is 1. The Labute approximate surface area is 122 Å². The van der Waals surface area contributed by atoms with Gasteiger partial charge in [-0.3, -0.25) is 4.79 Å². The topological polar surface area (TPSA) is 41.1 Å². The van der Waals surface area contributed by atoms with E-state index in [1.807, 2.05) is 18.2 Å². The molecule has 0 aromatic heterocycles. The second-order valence-corrected chi connectivity index (χ2v) is 6.04. The standard InChI is InChI=1S/C17H26N2O/c1-3-7-15(14-8-5-4-6-9-14)19-16(20)17(2)10-12-18-13-11-17/h4-6,8-9,15,18H,3,7,10-13H2,1-2H3,(H,19,20). The summed E-state index contributed by atoms with van der Waals surface area (Å²) in [5, 5.41) is 6.60. The summed E-state index contributed by atoms with van der Waals surface area (Å²) in [6.45, 7) is 6.13. The van der Waals surface area contributed by atoms with E-state index in [2.05, 4.69) is 36.6 Å². The summed E-state index contributed by atoms with van der Waals surface area (Å²) in [5.74, 6) is 0.210. The molecule has 1 aromatic rings. The van der Waals surface area contributed by atoms with E-state index in [0.29, 0.717) is 0 Å². The number of rotatable bonds is 5. The van der Waals surface area contributed by atoms with E-state index in [4.69, 9.17) is 0 Å². The zero-order valence-corrected chi connectivity index (χ0v) is 12.6. The van der Waals surface area contributed by atoms with Gasteiger partial charge in [-0.05, 0) is 37.9 Å². The lowest BCUT2D eigenvalue weighted by atomic mass is 9.79. The van der Waals surface area contributed by atoms with Gasteiger partial charge in [0, 0.05) is 5.41 Å². The Balaban J connectivity index is 2.06. The van der Waals surface area contributed by atoms with Crippen LogP contribution in [0.4, 0.5) is 0 Å². The van der Waals surface area contributed by atoms with Crippen molar-refractivity contribution in [3.8, 4) is 0 Å². The Morgan fingerprint density at radius 3 is 2.55 bits per heavy atom. The van der Waals surface area contributed by atoms with Gasteiger partial charge in [-0.25, -0.2) is 0 Å². The van der Waals surface area contributed by atoms with Crippen LogP contribution in [0.25, 0.3) is 0 Å². The van der Waals surface area contributed by atoms with E-state index >= 15 is 0 Å². The molecule has 3 nitrogen and oxygen atoms in total. The molecule has 0 bridgehead atoms. The van der Waals surface area contributed by atoms with Crippen molar-refractivity contribution in [3.63, 3.8) is 0 Å². The van der Waals surface area contributed by atoms with Crippen molar-refractivity contribution >= 4 is 5.91 Å². The van der Waals surface area contributed by atoms with Gasteiger partial charge in [0.25, 0.3) is 0 Å². The molecule has 0 aliphatic carbocycles. The first kappa shape index (κ1) is 15.0. The maximum Gasteiger partial charge on any atom is 0.226 e. The molecule has 2 rings (SSSR count). The highest BCUT2D eigenvalue weighted by molar-refractivity contribution is 5.82. The predicted octanol–water partition coefficient (Wildman–Crippen LogP) is 3.03. The van der Waals surface area contributed by atoms with Crippen LogP contribution in [0, 0.1) is 5.41 Å².